The van der Waals surface area contributed by atoms with Crippen molar-refractivity contribution in [3.05, 3.63) is 55.5 Å². The Bertz CT molecular complexity index is 1120. The van der Waals surface area contributed by atoms with Crippen molar-refractivity contribution in [2.45, 2.75) is 6.18 Å². The van der Waals surface area contributed by atoms with Crippen LogP contribution in [-0.4, -0.2) is 41.6 Å². The average molecular weight is 374 g/mol. The maximum atomic E-state index is 12.4. The molecule has 0 bridgehead atoms. The first-order valence-corrected chi connectivity index (χ1v) is 7.50. The third kappa shape index (κ3) is 3.10. The highest BCUT2D eigenvalue weighted by Gasteiger charge is 2.42. The smallest absolute Gasteiger partial charge is 0.326 e. The molecule has 0 atom stereocenters. The van der Waals surface area contributed by atoms with Crippen LogP contribution in [0, 0.1) is 0 Å². The number of rotatable bonds is 3. The molecule has 0 aliphatic rings. The summed E-state index contributed by atoms with van der Waals surface area (Å²) >= 11 is 0. The molecule has 0 spiro atoms. The summed E-state index contributed by atoms with van der Waals surface area (Å²) in [6, 6.07) is 4.83. The lowest BCUT2D eigenvalue weighted by Gasteiger charge is -2.08. The number of nitrogens with zero attached hydrogens (tertiary/aromatic N) is 6. The van der Waals surface area contributed by atoms with Crippen molar-refractivity contribution < 1.29 is 22.8 Å². The van der Waals surface area contributed by atoms with Crippen molar-refractivity contribution >= 4 is 17.0 Å². The molecule has 0 unspecified atom stereocenters. The van der Waals surface area contributed by atoms with Crippen molar-refractivity contribution in [2.24, 2.45) is 0 Å². The number of hydrogen-bond acceptors (Lipinski definition) is 6. The Morgan fingerprint density at radius 1 is 1.11 bits per heavy atom. The Hall–Kier alpha value is -3.76. The van der Waals surface area contributed by atoms with Crippen LogP contribution < -0.4 is 4.84 Å². The van der Waals surface area contributed by atoms with E-state index in [0.29, 0.717) is 21.5 Å². The highest BCUT2D eigenvalue weighted by Crippen LogP contribution is 2.24. The predicted octanol–water partition coefficient (Wildman–Crippen LogP) is 2.20. The van der Waals surface area contributed by atoms with Gasteiger partial charge in [0, 0.05) is 35.7 Å². The zero-order chi connectivity index (χ0) is 19.0. The highest BCUT2D eigenvalue weighted by molar-refractivity contribution is 5.86. The van der Waals surface area contributed by atoms with Crippen LogP contribution in [0.2, 0.25) is 0 Å². The summed E-state index contributed by atoms with van der Waals surface area (Å²) in [6.45, 7) is 0. The Balaban J connectivity index is 1.72. The van der Waals surface area contributed by atoms with Crippen LogP contribution in [-0.2, 0) is 4.79 Å². The minimum absolute atomic E-state index is 0.0455. The van der Waals surface area contributed by atoms with E-state index in [1.807, 2.05) is 0 Å². The van der Waals surface area contributed by atoms with Crippen LogP contribution in [0.25, 0.3) is 28.0 Å². The van der Waals surface area contributed by atoms with Gasteiger partial charge >= 0.3 is 12.1 Å². The van der Waals surface area contributed by atoms with Crippen LogP contribution in [0.4, 0.5) is 13.2 Å². The number of pyridine rings is 1. The van der Waals surface area contributed by atoms with Gasteiger partial charge in [-0.3, -0.25) is 0 Å². The van der Waals surface area contributed by atoms with Crippen molar-refractivity contribution in [3.8, 4) is 16.9 Å². The normalized spacial score (nSPS) is 11.7. The Kier molecular flexibility index (Phi) is 3.83. The topological polar surface area (TPSA) is 87.7 Å². The van der Waals surface area contributed by atoms with Gasteiger partial charge < -0.3 is 4.84 Å². The fourth-order valence-electron chi connectivity index (χ4n) is 2.46. The number of fused-ring (bicyclic) bond motifs is 1. The summed E-state index contributed by atoms with van der Waals surface area (Å²) in [5.74, 6) is -2.34. The van der Waals surface area contributed by atoms with Crippen molar-refractivity contribution in [3.63, 3.8) is 0 Å². The van der Waals surface area contributed by atoms with Gasteiger partial charge in [0.15, 0.2) is 5.65 Å². The van der Waals surface area contributed by atoms with Gasteiger partial charge in [-0.05, 0) is 18.2 Å². The second-order valence-electron chi connectivity index (χ2n) is 5.35. The van der Waals surface area contributed by atoms with E-state index >= 15 is 0 Å². The van der Waals surface area contributed by atoms with Gasteiger partial charge in [0.25, 0.3) is 0 Å². The number of halogens is 3. The van der Waals surface area contributed by atoms with Gasteiger partial charge in [-0.1, -0.05) is 0 Å². The summed E-state index contributed by atoms with van der Waals surface area (Å²) in [7, 11) is 0. The lowest BCUT2D eigenvalue weighted by molar-refractivity contribution is -0.199. The quantitative estimate of drug-likeness (QED) is 0.546. The molecule has 4 aromatic rings. The van der Waals surface area contributed by atoms with Crippen LogP contribution in [0.1, 0.15) is 0 Å². The van der Waals surface area contributed by atoms with E-state index in [-0.39, 0.29) is 5.65 Å². The first-order chi connectivity index (χ1) is 12.9. The zero-order valence-electron chi connectivity index (χ0n) is 13.3. The van der Waals surface area contributed by atoms with Crippen LogP contribution in [0.15, 0.2) is 55.5 Å². The number of carbonyl (C=O) groups excluding carboxylic acids is 1. The average Bonchev–Trinajstić information content (AvgIpc) is 3.29. The fraction of sp³-hybridized carbons (Fsp3) is 0.0625. The van der Waals surface area contributed by atoms with Gasteiger partial charge in [-0.2, -0.15) is 23.0 Å². The summed E-state index contributed by atoms with van der Waals surface area (Å²) < 4.78 is 39.4. The third-order valence-corrected chi connectivity index (χ3v) is 3.65. The zero-order valence-corrected chi connectivity index (χ0v) is 13.3. The molecule has 0 fully saturated rings. The monoisotopic (exact) mass is 374 g/mol. The Morgan fingerprint density at radius 2 is 1.96 bits per heavy atom. The Morgan fingerprint density at radius 3 is 2.70 bits per heavy atom. The highest BCUT2D eigenvalue weighted by atomic mass is 19.4. The molecule has 0 aliphatic heterocycles. The van der Waals surface area contributed by atoms with E-state index in [2.05, 4.69) is 24.9 Å². The van der Waals surface area contributed by atoms with Crippen LogP contribution in [0.3, 0.4) is 0 Å². The molecule has 0 radical (unpaired) electrons. The minimum atomic E-state index is -5.11. The second kappa shape index (κ2) is 6.20. The predicted molar refractivity (Wildman–Crippen MR) is 85.5 cm³/mol. The van der Waals surface area contributed by atoms with Crippen molar-refractivity contribution in [2.75, 3.05) is 0 Å². The van der Waals surface area contributed by atoms with E-state index in [4.69, 9.17) is 0 Å². The van der Waals surface area contributed by atoms with Gasteiger partial charge in [-0.15, -0.1) is 0 Å². The second-order valence-corrected chi connectivity index (χ2v) is 5.35. The first kappa shape index (κ1) is 16.7. The van der Waals surface area contributed by atoms with Gasteiger partial charge in [0.2, 0.25) is 0 Å². The summed E-state index contributed by atoms with van der Waals surface area (Å²) in [4.78, 5) is 27.4. The summed E-state index contributed by atoms with van der Waals surface area (Å²) in [6.07, 6.45) is 3.75. The first-order valence-electron chi connectivity index (χ1n) is 7.50. The maximum absolute atomic E-state index is 12.4. The van der Waals surface area contributed by atoms with E-state index in [1.54, 1.807) is 30.7 Å². The van der Waals surface area contributed by atoms with Gasteiger partial charge in [0.1, 0.15) is 6.33 Å². The van der Waals surface area contributed by atoms with Crippen LogP contribution in [0.5, 0.6) is 0 Å². The molecule has 136 valence electrons. The lowest BCUT2D eigenvalue weighted by Crippen LogP contribution is -2.33. The molecule has 4 rings (SSSR count). The molecule has 4 aromatic heterocycles. The maximum Gasteiger partial charge on any atom is 0.493 e. The lowest BCUT2D eigenvalue weighted by atomic mass is 10.2. The molecule has 4 heterocycles. The molecule has 0 amide bonds. The molecule has 8 nitrogen and oxygen atoms in total. The molecule has 0 aromatic carbocycles. The number of hydrogen-bond donors (Lipinski definition) is 0. The van der Waals surface area contributed by atoms with Crippen molar-refractivity contribution in [1.29, 1.82) is 0 Å². The number of alkyl halides is 3. The molecule has 11 heteroatoms. The summed E-state index contributed by atoms with van der Waals surface area (Å²) in [5.41, 5.74) is 1.98. The molecule has 0 saturated carbocycles. The molecule has 27 heavy (non-hydrogen) atoms. The van der Waals surface area contributed by atoms with E-state index in [1.165, 1.54) is 29.5 Å². The molecule has 0 saturated heterocycles. The van der Waals surface area contributed by atoms with Crippen molar-refractivity contribution in [1.82, 2.24) is 29.5 Å². The van der Waals surface area contributed by atoms with E-state index in [0.717, 1.165) is 5.56 Å². The third-order valence-electron chi connectivity index (χ3n) is 3.65. The Labute approximate surface area is 148 Å². The fourth-order valence-corrected chi connectivity index (χ4v) is 2.46. The van der Waals surface area contributed by atoms with E-state index in [9.17, 15) is 18.0 Å². The standard InChI is InChI=1S/C16H9F3N6O2/c17-16(18,19)15(26)27-25-6-3-11-13(2-5-21-14(11)25)24-8-10(7-23-24)12-1-4-20-9-22-12/h1-9H. The van der Waals surface area contributed by atoms with E-state index < -0.39 is 12.1 Å². The number of carbonyl (C=O) groups is 1. The molecular weight excluding hydrogens is 365 g/mol. The molecule has 0 aliphatic carbocycles. The largest absolute Gasteiger partial charge is 0.493 e. The minimum Gasteiger partial charge on any atom is -0.326 e. The van der Waals surface area contributed by atoms with Crippen LogP contribution >= 0.6 is 0 Å². The number of aromatic nitrogens is 6. The summed E-state index contributed by atoms with van der Waals surface area (Å²) in [5, 5.41) is 4.70. The molecule has 0 N–H and O–H groups in total. The van der Waals surface area contributed by atoms with Gasteiger partial charge in [-0.25, -0.2) is 24.4 Å². The molecular formula is C16H9F3N6O2. The van der Waals surface area contributed by atoms with Gasteiger partial charge in [0.05, 0.1) is 17.6 Å². The SMILES string of the molecule is O=C(On1ccc2c(-n3cc(-c4ccncn4)cn3)ccnc21)C(F)(F)F.